The minimum Gasteiger partial charge on any atom is -0.508 e. The van der Waals surface area contributed by atoms with Crippen LogP contribution in [-0.4, -0.2) is 73.8 Å². The summed E-state index contributed by atoms with van der Waals surface area (Å²) in [7, 11) is 1.85. The minimum atomic E-state index is 0.318. The predicted molar refractivity (Wildman–Crippen MR) is 118 cm³/mol. The molecule has 6 heteroatoms. The maximum Gasteiger partial charge on any atom is 0.193 e. The fourth-order valence-corrected chi connectivity index (χ4v) is 3.48. The van der Waals surface area contributed by atoms with Gasteiger partial charge in [0.2, 0.25) is 0 Å². The van der Waals surface area contributed by atoms with Gasteiger partial charge in [-0.3, -0.25) is 9.89 Å². The van der Waals surface area contributed by atoms with Crippen molar-refractivity contribution in [1.29, 1.82) is 0 Å². The minimum absolute atomic E-state index is 0.318. The molecule has 0 saturated carbocycles. The molecular formula is C23H32N4O2. The van der Waals surface area contributed by atoms with Crippen LogP contribution in [0.1, 0.15) is 12.0 Å². The summed E-state index contributed by atoms with van der Waals surface area (Å²) in [6.07, 6.45) is 2.01. The standard InChI is InChI=1S/C23H32N4O2/c1-24-23(25-13-5-6-20-9-11-21(28)12-10-20)27-16-14-26(15-17-27)18-19-29-22-7-3-2-4-8-22/h2-4,7-12,28H,5-6,13-19H2,1H3,(H,24,25). The van der Waals surface area contributed by atoms with Crippen LogP contribution in [0.2, 0.25) is 0 Å². The number of piperazine rings is 1. The van der Waals surface area contributed by atoms with Gasteiger partial charge in [0.25, 0.3) is 0 Å². The van der Waals surface area contributed by atoms with Crippen LogP contribution in [0.3, 0.4) is 0 Å². The number of ether oxygens (including phenoxy) is 1. The van der Waals surface area contributed by atoms with E-state index in [1.165, 1.54) is 5.56 Å². The first-order valence-corrected chi connectivity index (χ1v) is 10.4. The molecule has 1 fully saturated rings. The SMILES string of the molecule is CN=C(NCCCc1ccc(O)cc1)N1CCN(CCOc2ccccc2)CC1. The number of nitrogens with one attached hydrogen (secondary N) is 1. The zero-order valence-electron chi connectivity index (χ0n) is 17.3. The number of benzene rings is 2. The van der Waals surface area contributed by atoms with Crippen molar-refractivity contribution >= 4 is 5.96 Å². The van der Waals surface area contributed by atoms with Gasteiger partial charge in [-0.25, -0.2) is 0 Å². The van der Waals surface area contributed by atoms with E-state index >= 15 is 0 Å². The highest BCUT2D eigenvalue weighted by atomic mass is 16.5. The number of phenolic OH excluding ortho intramolecular Hbond substituents is 1. The highest BCUT2D eigenvalue weighted by Crippen LogP contribution is 2.11. The van der Waals surface area contributed by atoms with Gasteiger partial charge in [-0.1, -0.05) is 30.3 Å². The van der Waals surface area contributed by atoms with E-state index < -0.39 is 0 Å². The Morgan fingerprint density at radius 2 is 1.76 bits per heavy atom. The molecule has 1 aliphatic heterocycles. The Kier molecular flexibility index (Phi) is 8.19. The number of para-hydroxylation sites is 1. The van der Waals surface area contributed by atoms with E-state index in [9.17, 15) is 5.11 Å². The van der Waals surface area contributed by atoms with Crippen LogP contribution in [0.4, 0.5) is 0 Å². The van der Waals surface area contributed by atoms with Crippen molar-refractivity contribution in [2.45, 2.75) is 12.8 Å². The molecule has 0 radical (unpaired) electrons. The largest absolute Gasteiger partial charge is 0.508 e. The second kappa shape index (κ2) is 11.3. The molecule has 0 bridgehead atoms. The van der Waals surface area contributed by atoms with Crippen molar-refractivity contribution in [1.82, 2.24) is 15.1 Å². The first-order valence-electron chi connectivity index (χ1n) is 10.4. The molecule has 0 amide bonds. The monoisotopic (exact) mass is 396 g/mol. The zero-order valence-corrected chi connectivity index (χ0v) is 17.3. The van der Waals surface area contributed by atoms with Gasteiger partial charge in [0.1, 0.15) is 18.1 Å². The quantitative estimate of drug-likeness (QED) is 0.408. The number of aryl methyl sites for hydroxylation is 1. The molecule has 156 valence electrons. The highest BCUT2D eigenvalue weighted by molar-refractivity contribution is 5.79. The van der Waals surface area contributed by atoms with Crippen molar-refractivity contribution in [3.8, 4) is 11.5 Å². The summed E-state index contributed by atoms with van der Waals surface area (Å²) in [6, 6.07) is 17.4. The summed E-state index contributed by atoms with van der Waals surface area (Å²) in [5.74, 6) is 2.23. The normalized spacial score (nSPS) is 15.3. The second-order valence-corrected chi connectivity index (χ2v) is 7.23. The molecule has 1 heterocycles. The lowest BCUT2D eigenvalue weighted by atomic mass is 10.1. The molecule has 0 unspecified atom stereocenters. The number of rotatable bonds is 8. The molecule has 1 aliphatic rings. The second-order valence-electron chi connectivity index (χ2n) is 7.23. The van der Waals surface area contributed by atoms with Crippen LogP contribution >= 0.6 is 0 Å². The molecular weight excluding hydrogens is 364 g/mol. The van der Waals surface area contributed by atoms with Gasteiger partial charge in [0, 0.05) is 46.3 Å². The predicted octanol–water partition coefficient (Wildman–Crippen LogP) is 2.60. The van der Waals surface area contributed by atoms with E-state index in [1.54, 1.807) is 12.1 Å². The molecule has 0 aliphatic carbocycles. The van der Waals surface area contributed by atoms with Gasteiger partial charge in [0.15, 0.2) is 5.96 Å². The van der Waals surface area contributed by atoms with Crippen molar-refractivity contribution in [3.05, 3.63) is 60.2 Å². The Balaban J connectivity index is 1.31. The molecule has 2 N–H and O–H groups in total. The molecule has 3 rings (SSSR count). The average Bonchev–Trinajstić information content (AvgIpc) is 2.76. The Morgan fingerprint density at radius 3 is 2.45 bits per heavy atom. The smallest absolute Gasteiger partial charge is 0.193 e. The first kappa shape index (κ1) is 21.0. The van der Waals surface area contributed by atoms with E-state index in [0.29, 0.717) is 12.4 Å². The molecule has 6 nitrogen and oxygen atoms in total. The summed E-state index contributed by atoms with van der Waals surface area (Å²) in [5.41, 5.74) is 1.24. The fourth-order valence-electron chi connectivity index (χ4n) is 3.48. The number of aliphatic imine (C=N–C) groups is 1. The van der Waals surface area contributed by atoms with Crippen molar-refractivity contribution < 1.29 is 9.84 Å². The molecule has 2 aromatic carbocycles. The number of nitrogens with zero attached hydrogens (tertiary/aromatic N) is 3. The van der Waals surface area contributed by atoms with Crippen molar-refractivity contribution in [2.24, 2.45) is 4.99 Å². The van der Waals surface area contributed by atoms with E-state index in [1.807, 2.05) is 49.5 Å². The summed E-state index contributed by atoms with van der Waals surface area (Å²) < 4.78 is 5.81. The third-order valence-electron chi connectivity index (χ3n) is 5.16. The Morgan fingerprint density at radius 1 is 1.03 bits per heavy atom. The lowest BCUT2D eigenvalue weighted by Crippen LogP contribution is -2.53. The molecule has 2 aromatic rings. The Hall–Kier alpha value is -2.73. The topological polar surface area (TPSA) is 60.3 Å². The Labute approximate surface area is 173 Å². The van der Waals surface area contributed by atoms with Crippen LogP contribution in [0.15, 0.2) is 59.6 Å². The van der Waals surface area contributed by atoms with Crippen molar-refractivity contribution in [3.63, 3.8) is 0 Å². The average molecular weight is 397 g/mol. The van der Waals surface area contributed by atoms with Crippen LogP contribution < -0.4 is 10.1 Å². The number of phenols is 1. The van der Waals surface area contributed by atoms with Crippen LogP contribution in [-0.2, 0) is 6.42 Å². The van der Waals surface area contributed by atoms with E-state index in [2.05, 4.69) is 20.1 Å². The summed E-state index contributed by atoms with van der Waals surface area (Å²) in [6.45, 7) is 6.54. The summed E-state index contributed by atoms with van der Waals surface area (Å²) in [5, 5.41) is 12.8. The fraction of sp³-hybridized carbons (Fsp3) is 0.435. The van der Waals surface area contributed by atoms with Gasteiger partial charge in [-0.05, 0) is 42.7 Å². The lowest BCUT2D eigenvalue weighted by Gasteiger charge is -2.36. The maximum atomic E-state index is 9.35. The van der Waals surface area contributed by atoms with Crippen LogP contribution in [0.25, 0.3) is 0 Å². The first-order chi connectivity index (χ1) is 14.2. The molecule has 0 spiro atoms. The third-order valence-corrected chi connectivity index (χ3v) is 5.16. The van der Waals surface area contributed by atoms with Crippen LogP contribution in [0.5, 0.6) is 11.5 Å². The van der Waals surface area contributed by atoms with Crippen molar-refractivity contribution in [2.75, 3.05) is 52.9 Å². The molecule has 0 aromatic heterocycles. The highest BCUT2D eigenvalue weighted by Gasteiger charge is 2.19. The third kappa shape index (κ3) is 6.98. The van der Waals surface area contributed by atoms with Gasteiger partial charge >= 0.3 is 0 Å². The van der Waals surface area contributed by atoms with E-state index in [0.717, 1.165) is 63.8 Å². The summed E-state index contributed by atoms with van der Waals surface area (Å²) in [4.78, 5) is 9.22. The van der Waals surface area contributed by atoms with Gasteiger partial charge in [-0.2, -0.15) is 0 Å². The zero-order chi connectivity index (χ0) is 20.3. The molecule has 1 saturated heterocycles. The van der Waals surface area contributed by atoms with Gasteiger partial charge < -0.3 is 20.1 Å². The molecule has 29 heavy (non-hydrogen) atoms. The lowest BCUT2D eigenvalue weighted by molar-refractivity contribution is 0.152. The maximum absolute atomic E-state index is 9.35. The van der Waals surface area contributed by atoms with E-state index in [-0.39, 0.29) is 0 Å². The summed E-state index contributed by atoms with van der Waals surface area (Å²) >= 11 is 0. The number of hydrogen-bond donors (Lipinski definition) is 2. The Bertz CT molecular complexity index is 741. The number of guanidine groups is 1. The van der Waals surface area contributed by atoms with Gasteiger partial charge in [-0.15, -0.1) is 0 Å². The molecule has 0 atom stereocenters. The van der Waals surface area contributed by atoms with Crippen LogP contribution in [0, 0.1) is 0 Å². The number of aromatic hydroxyl groups is 1. The van der Waals surface area contributed by atoms with Gasteiger partial charge in [0.05, 0.1) is 0 Å². The van der Waals surface area contributed by atoms with E-state index in [4.69, 9.17) is 4.74 Å². The number of hydrogen-bond acceptors (Lipinski definition) is 4.